The lowest BCUT2D eigenvalue weighted by atomic mass is 9.99. The van der Waals surface area contributed by atoms with Crippen molar-refractivity contribution in [3.8, 4) is 5.75 Å². The molecule has 2 unspecified atom stereocenters. The molecule has 0 amide bonds. The molecule has 1 heterocycles. The molecular formula is C17H28N2O2. The second kappa shape index (κ2) is 7.76. The van der Waals surface area contributed by atoms with E-state index in [2.05, 4.69) is 23.3 Å². The monoisotopic (exact) mass is 292 g/mol. The van der Waals surface area contributed by atoms with Gasteiger partial charge in [0.15, 0.2) is 0 Å². The van der Waals surface area contributed by atoms with Crippen molar-refractivity contribution in [2.75, 3.05) is 13.7 Å². The van der Waals surface area contributed by atoms with E-state index in [9.17, 15) is 0 Å². The number of rotatable bonds is 9. The average molecular weight is 292 g/mol. The van der Waals surface area contributed by atoms with Crippen molar-refractivity contribution in [2.24, 2.45) is 5.92 Å². The molecule has 0 saturated heterocycles. The molecule has 2 atom stereocenters. The third-order valence-electron chi connectivity index (χ3n) is 3.77. The maximum atomic E-state index is 5.78. The second-order valence-corrected chi connectivity index (χ2v) is 6.09. The summed E-state index contributed by atoms with van der Waals surface area (Å²) in [5.74, 6) is 1.50. The van der Waals surface area contributed by atoms with E-state index < -0.39 is 0 Å². The van der Waals surface area contributed by atoms with Crippen LogP contribution in [-0.4, -0.2) is 30.8 Å². The van der Waals surface area contributed by atoms with Crippen LogP contribution in [-0.2, 0) is 4.74 Å². The number of ether oxygens (including phenoxy) is 2. The van der Waals surface area contributed by atoms with Gasteiger partial charge in [-0.05, 0) is 57.2 Å². The minimum Gasteiger partial charge on any atom is -0.489 e. The fourth-order valence-corrected chi connectivity index (χ4v) is 2.69. The number of nitrogens with zero attached hydrogens (tertiary/aromatic N) is 1. The first-order valence-electron chi connectivity index (χ1n) is 8.03. The molecule has 0 aliphatic heterocycles. The van der Waals surface area contributed by atoms with Gasteiger partial charge in [-0.1, -0.05) is 6.92 Å². The van der Waals surface area contributed by atoms with Crippen LogP contribution in [0.1, 0.15) is 51.6 Å². The first-order chi connectivity index (χ1) is 10.2. The number of hydrogen-bond acceptors (Lipinski definition) is 4. The van der Waals surface area contributed by atoms with E-state index in [-0.39, 0.29) is 18.2 Å². The first kappa shape index (κ1) is 16.2. The van der Waals surface area contributed by atoms with E-state index in [0.717, 1.165) is 24.3 Å². The maximum absolute atomic E-state index is 5.78. The predicted molar refractivity (Wildman–Crippen MR) is 84.6 cm³/mol. The lowest BCUT2D eigenvalue weighted by Gasteiger charge is -2.27. The van der Waals surface area contributed by atoms with Crippen molar-refractivity contribution in [1.82, 2.24) is 10.3 Å². The molecule has 0 aromatic carbocycles. The molecule has 1 N–H and O–H groups in total. The highest BCUT2D eigenvalue weighted by molar-refractivity contribution is 5.27. The van der Waals surface area contributed by atoms with Crippen LogP contribution in [0, 0.1) is 5.92 Å². The Hall–Kier alpha value is -1.13. The number of pyridine rings is 1. The Morgan fingerprint density at radius 1 is 1.33 bits per heavy atom. The van der Waals surface area contributed by atoms with Crippen LogP contribution < -0.4 is 10.1 Å². The highest BCUT2D eigenvalue weighted by Gasteiger charge is 2.37. The molecule has 1 aliphatic rings. The van der Waals surface area contributed by atoms with Crippen molar-refractivity contribution < 1.29 is 9.47 Å². The molecule has 1 aromatic heterocycles. The highest BCUT2D eigenvalue weighted by Crippen LogP contribution is 2.40. The summed E-state index contributed by atoms with van der Waals surface area (Å²) in [6.45, 7) is 7.22. The van der Waals surface area contributed by atoms with Crippen LogP contribution in [0.15, 0.2) is 18.5 Å². The van der Waals surface area contributed by atoms with E-state index in [1.807, 2.05) is 27.2 Å². The summed E-state index contributed by atoms with van der Waals surface area (Å²) >= 11 is 0. The lowest BCUT2D eigenvalue weighted by Crippen LogP contribution is -2.35. The van der Waals surface area contributed by atoms with Gasteiger partial charge in [-0.3, -0.25) is 4.98 Å². The molecule has 1 fully saturated rings. The van der Waals surface area contributed by atoms with Gasteiger partial charge < -0.3 is 14.8 Å². The zero-order chi connectivity index (χ0) is 15.2. The Kier molecular flexibility index (Phi) is 6.00. The predicted octanol–water partition coefficient (Wildman–Crippen LogP) is 3.33. The summed E-state index contributed by atoms with van der Waals surface area (Å²) in [5, 5.41) is 3.62. The van der Waals surface area contributed by atoms with Crippen LogP contribution >= 0.6 is 0 Å². The number of nitrogens with one attached hydrogen (secondary N) is 1. The number of hydrogen-bond donors (Lipinski definition) is 1. The summed E-state index contributed by atoms with van der Waals surface area (Å²) in [4.78, 5) is 4.34. The van der Waals surface area contributed by atoms with Crippen molar-refractivity contribution in [1.29, 1.82) is 0 Å². The molecule has 1 saturated carbocycles. The highest BCUT2D eigenvalue weighted by atomic mass is 16.5. The zero-order valence-electron chi connectivity index (χ0n) is 13.6. The molecule has 21 heavy (non-hydrogen) atoms. The second-order valence-electron chi connectivity index (χ2n) is 6.09. The molecule has 0 bridgehead atoms. The van der Waals surface area contributed by atoms with E-state index in [1.165, 1.54) is 12.8 Å². The van der Waals surface area contributed by atoms with Crippen molar-refractivity contribution >= 4 is 0 Å². The Morgan fingerprint density at radius 3 is 2.67 bits per heavy atom. The van der Waals surface area contributed by atoms with Crippen molar-refractivity contribution in [3.05, 3.63) is 24.0 Å². The molecular weight excluding hydrogens is 264 g/mol. The third kappa shape index (κ3) is 4.68. The standard InChI is InChI=1S/C17H28N2O2/c1-5-8-19-16(17(20-4)13-6-7-13)14-9-15(11-18-10-14)21-12(2)3/h9-13,16-17,19H,5-8H2,1-4H3. The molecule has 4 nitrogen and oxygen atoms in total. The quantitative estimate of drug-likeness (QED) is 0.758. The Balaban J connectivity index is 2.18. The largest absolute Gasteiger partial charge is 0.489 e. The van der Waals surface area contributed by atoms with Crippen molar-refractivity contribution in [2.45, 2.75) is 58.3 Å². The summed E-state index contributed by atoms with van der Waals surface area (Å²) < 4.78 is 11.5. The van der Waals surface area contributed by atoms with Crippen LogP contribution in [0.5, 0.6) is 5.75 Å². The minimum absolute atomic E-state index is 0.158. The summed E-state index contributed by atoms with van der Waals surface area (Å²) in [7, 11) is 1.81. The SMILES string of the molecule is CCCNC(c1cncc(OC(C)C)c1)C(OC)C1CC1. The van der Waals surface area contributed by atoms with Crippen LogP contribution in [0.4, 0.5) is 0 Å². The summed E-state index contributed by atoms with van der Waals surface area (Å²) in [6.07, 6.45) is 7.71. The van der Waals surface area contributed by atoms with E-state index in [0.29, 0.717) is 5.92 Å². The number of methoxy groups -OCH3 is 1. The summed E-state index contributed by atoms with van der Waals surface area (Å²) in [6, 6.07) is 2.28. The minimum atomic E-state index is 0.158. The molecule has 4 heteroatoms. The van der Waals surface area contributed by atoms with Gasteiger partial charge in [-0.15, -0.1) is 0 Å². The molecule has 0 spiro atoms. The van der Waals surface area contributed by atoms with Crippen LogP contribution in [0.2, 0.25) is 0 Å². The van der Waals surface area contributed by atoms with Gasteiger partial charge >= 0.3 is 0 Å². The summed E-state index contributed by atoms with van der Waals surface area (Å²) in [5.41, 5.74) is 1.15. The van der Waals surface area contributed by atoms with E-state index in [4.69, 9.17) is 9.47 Å². The molecule has 2 rings (SSSR count). The normalized spacial score (nSPS) is 17.8. The molecule has 1 aromatic rings. The molecule has 0 radical (unpaired) electrons. The lowest BCUT2D eigenvalue weighted by molar-refractivity contribution is 0.0505. The maximum Gasteiger partial charge on any atom is 0.138 e. The molecule has 1 aliphatic carbocycles. The van der Waals surface area contributed by atoms with Gasteiger partial charge in [-0.25, -0.2) is 0 Å². The van der Waals surface area contributed by atoms with Gasteiger partial charge in [0.25, 0.3) is 0 Å². The molecule has 118 valence electrons. The number of aromatic nitrogens is 1. The smallest absolute Gasteiger partial charge is 0.138 e. The zero-order valence-corrected chi connectivity index (χ0v) is 13.6. The van der Waals surface area contributed by atoms with Gasteiger partial charge in [0.2, 0.25) is 0 Å². The Bertz CT molecular complexity index is 433. The van der Waals surface area contributed by atoms with Gasteiger partial charge in [0.1, 0.15) is 5.75 Å². The Morgan fingerprint density at radius 2 is 2.10 bits per heavy atom. The average Bonchev–Trinajstić information content (AvgIpc) is 3.27. The van der Waals surface area contributed by atoms with Gasteiger partial charge in [0.05, 0.1) is 24.4 Å². The fraction of sp³-hybridized carbons (Fsp3) is 0.706. The fourth-order valence-electron chi connectivity index (χ4n) is 2.69. The Labute approximate surface area is 128 Å². The van der Waals surface area contributed by atoms with E-state index >= 15 is 0 Å². The van der Waals surface area contributed by atoms with Crippen molar-refractivity contribution in [3.63, 3.8) is 0 Å². The van der Waals surface area contributed by atoms with Crippen LogP contribution in [0.3, 0.4) is 0 Å². The third-order valence-corrected chi connectivity index (χ3v) is 3.77. The topological polar surface area (TPSA) is 43.4 Å². The first-order valence-corrected chi connectivity index (χ1v) is 8.03. The van der Waals surface area contributed by atoms with Crippen LogP contribution in [0.25, 0.3) is 0 Å². The van der Waals surface area contributed by atoms with Gasteiger partial charge in [0, 0.05) is 13.3 Å². The van der Waals surface area contributed by atoms with E-state index in [1.54, 1.807) is 6.20 Å². The van der Waals surface area contributed by atoms with Gasteiger partial charge in [-0.2, -0.15) is 0 Å².